The van der Waals surface area contributed by atoms with Gasteiger partial charge in [0.1, 0.15) is 0 Å². The molecule has 2 aromatic rings. The third kappa shape index (κ3) is 5.37. The number of aromatic nitrogens is 2. The first kappa shape index (κ1) is 22.9. The molecule has 2 aliphatic heterocycles. The molecule has 0 radical (unpaired) electrons. The average molecular weight is 495 g/mol. The van der Waals surface area contributed by atoms with E-state index in [2.05, 4.69) is 42.0 Å². The van der Waals surface area contributed by atoms with Gasteiger partial charge in [-0.15, -0.1) is 0 Å². The highest BCUT2D eigenvalue weighted by Crippen LogP contribution is 2.28. The number of carbonyl (C=O) groups excluding carboxylic acids is 1. The van der Waals surface area contributed by atoms with E-state index in [-0.39, 0.29) is 28.0 Å². The second-order valence-electron chi connectivity index (χ2n) is 7.80. The third-order valence-electron chi connectivity index (χ3n) is 5.56. The van der Waals surface area contributed by atoms with E-state index in [4.69, 9.17) is 34.7 Å². The Balaban J connectivity index is 1.27. The molecule has 0 bridgehead atoms. The lowest BCUT2D eigenvalue weighted by atomic mass is 9.90. The van der Waals surface area contributed by atoms with Crippen LogP contribution in [0.15, 0.2) is 29.3 Å². The number of amides is 1. The highest BCUT2D eigenvalue weighted by molar-refractivity contribution is 7.97. The number of guanidine groups is 1. The maximum atomic E-state index is 12.5. The van der Waals surface area contributed by atoms with Gasteiger partial charge in [0.2, 0.25) is 0 Å². The lowest BCUT2D eigenvalue weighted by Gasteiger charge is -2.38. The van der Waals surface area contributed by atoms with E-state index in [1.165, 1.54) is 5.56 Å². The van der Waals surface area contributed by atoms with Crippen LogP contribution < -0.4 is 22.1 Å². The lowest BCUT2D eigenvalue weighted by Crippen LogP contribution is -2.51. The van der Waals surface area contributed by atoms with Crippen molar-refractivity contribution >= 4 is 58.7 Å². The number of aliphatic imine (C=N–C) groups is 1. The van der Waals surface area contributed by atoms with E-state index < -0.39 is 5.91 Å². The number of hydrogen-bond acceptors (Lipinski definition) is 7. The van der Waals surface area contributed by atoms with Gasteiger partial charge >= 0.3 is 5.91 Å². The number of benzene rings is 1. The van der Waals surface area contributed by atoms with Gasteiger partial charge in [-0.25, -0.2) is 9.97 Å². The van der Waals surface area contributed by atoms with Crippen LogP contribution in [0.1, 0.15) is 28.9 Å². The largest absolute Gasteiger partial charge is 0.382 e. The van der Waals surface area contributed by atoms with Gasteiger partial charge in [-0.1, -0.05) is 47.3 Å². The van der Waals surface area contributed by atoms with Crippen molar-refractivity contribution in [2.75, 3.05) is 36.9 Å². The maximum Gasteiger partial charge on any atom is 0.302 e. The lowest BCUT2D eigenvalue weighted by molar-refractivity contribution is 0.0998. The first-order chi connectivity index (χ1) is 15.3. The first-order valence-corrected chi connectivity index (χ1v) is 11.9. The zero-order valence-electron chi connectivity index (χ0n) is 17.3. The van der Waals surface area contributed by atoms with Crippen LogP contribution in [0.4, 0.5) is 11.6 Å². The molecular formula is C20H24Cl2N8OS. The highest BCUT2D eigenvalue weighted by Gasteiger charge is 2.40. The fourth-order valence-corrected chi connectivity index (χ4v) is 4.98. The van der Waals surface area contributed by atoms with Crippen LogP contribution in [0.25, 0.3) is 0 Å². The summed E-state index contributed by atoms with van der Waals surface area (Å²) < 4.78 is 2.40. The molecule has 6 N–H and O–H groups in total. The Morgan fingerprint density at radius 3 is 2.59 bits per heavy atom. The quantitative estimate of drug-likeness (QED) is 0.461. The molecule has 1 spiro atoms. The Morgan fingerprint density at radius 2 is 1.88 bits per heavy atom. The van der Waals surface area contributed by atoms with E-state index in [1.54, 1.807) is 0 Å². The zero-order chi connectivity index (χ0) is 22.7. The van der Waals surface area contributed by atoms with Crippen LogP contribution in [-0.4, -0.2) is 57.1 Å². The summed E-state index contributed by atoms with van der Waals surface area (Å²) >= 11 is 13.7. The topological polar surface area (TPSA) is 135 Å². The van der Waals surface area contributed by atoms with E-state index >= 15 is 0 Å². The molecule has 2 fully saturated rings. The van der Waals surface area contributed by atoms with Gasteiger partial charge in [0.15, 0.2) is 28.4 Å². The van der Waals surface area contributed by atoms with Gasteiger partial charge < -0.3 is 22.1 Å². The molecule has 0 atom stereocenters. The van der Waals surface area contributed by atoms with Gasteiger partial charge in [0.25, 0.3) is 0 Å². The number of nitrogen functional groups attached to an aromatic ring is 2. The molecule has 9 nitrogen and oxygen atoms in total. The number of rotatable bonds is 5. The first-order valence-electron chi connectivity index (χ1n) is 10.2. The van der Waals surface area contributed by atoms with Gasteiger partial charge in [0.05, 0.1) is 5.54 Å². The number of halogens is 2. The van der Waals surface area contributed by atoms with Crippen LogP contribution in [-0.2, 0) is 6.42 Å². The summed E-state index contributed by atoms with van der Waals surface area (Å²) in [4.78, 5) is 24.3. The molecule has 12 heteroatoms. The smallest absolute Gasteiger partial charge is 0.302 e. The number of anilines is 2. The minimum Gasteiger partial charge on any atom is -0.382 e. The van der Waals surface area contributed by atoms with E-state index in [9.17, 15) is 4.79 Å². The molecule has 0 aliphatic carbocycles. The minimum absolute atomic E-state index is 0.0257. The number of aryl methyl sites for hydroxylation is 1. The van der Waals surface area contributed by atoms with E-state index in [0.29, 0.717) is 12.5 Å². The molecule has 0 saturated carbocycles. The molecular weight excluding hydrogens is 471 g/mol. The standard InChI is InChI=1S/C20H24Cl2N8OS/c21-13-3-1-12(2-4-13)5-10-32-30-8-6-20(7-9-30)11-25-19(29-20)28-18(31)14-16(23)27-17(24)15(22)26-14/h1-4H,5-11H2,(H4,23,24,27)(H2,25,28,29,31). The maximum absolute atomic E-state index is 12.5. The summed E-state index contributed by atoms with van der Waals surface area (Å²) in [5.41, 5.74) is 12.3. The van der Waals surface area contributed by atoms with E-state index in [1.807, 2.05) is 24.1 Å². The normalized spacial score (nSPS) is 19.1. The second-order valence-corrected chi connectivity index (χ2v) is 9.77. The number of nitrogens with zero attached hydrogens (tertiary/aromatic N) is 4. The van der Waals surface area contributed by atoms with Crippen molar-refractivity contribution in [2.45, 2.75) is 24.8 Å². The molecule has 2 aliphatic rings. The molecule has 1 aromatic heterocycles. The highest BCUT2D eigenvalue weighted by atomic mass is 35.5. The van der Waals surface area contributed by atoms with Crippen molar-refractivity contribution in [3.05, 3.63) is 45.7 Å². The summed E-state index contributed by atoms with van der Waals surface area (Å²) in [6, 6.07) is 8.00. The second kappa shape index (κ2) is 9.70. The molecule has 3 heterocycles. The van der Waals surface area contributed by atoms with Crippen molar-refractivity contribution in [1.82, 2.24) is 24.9 Å². The average Bonchev–Trinajstić information content (AvgIpc) is 3.15. The summed E-state index contributed by atoms with van der Waals surface area (Å²) in [7, 11) is 0. The van der Waals surface area contributed by atoms with Crippen LogP contribution >= 0.6 is 35.1 Å². The van der Waals surface area contributed by atoms with Crippen LogP contribution in [0.3, 0.4) is 0 Å². The Kier molecular flexibility index (Phi) is 6.94. The fourth-order valence-electron chi connectivity index (χ4n) is 3.70. The number of carbonyl (C=O) groups is 1. The van der Waals surface area contributed by atoms with Crippen molar-refractivity contribution in [3.63, 3.8) is 0 Å². The summed E-state index contributed by atoms with van der Waals surface area (Å²) in [6.45, 7) is 2.60. The predicted molar refractivity (Wildman–Crippen MR) is 130 cm³/mol. The third-order valence-corrected chi connectivity index (χ3v) is 7.20. The van der Waals surface area contributed by atoms with Gasteiger partial charge in [-0.3, -0.25) is 9.10 Å². The number of nitrogens with one attached hydrogen (secondary N) is 2. The van der Waals surface area contributed by atoms with Crippen molar-refractivity contribution < 1.29 is 4.79 Å². The van der Waals surface area contributed by atoms with Crippen molar-refractivity contribution in [1.29, 1.82) is 0 Å². The number of hydrogen-bond donors (Lipinski definition) is 4. The Bertz CT molecular complexity index is 1030. The van der Waals surface area contributed by atoms with E-state index in [0.717, 1.165) is 43.1 Å². The molecule has 1 aromatic carbocycles. The Labute approximate surface area is 200 Å². The van der Waals surface area contributed by atoms with Crippen molar-refractivity contribution in [3.8, 4) is 0 Å². The predicted octanol–water partition coefficient (Wildman–Crippen LogP) is 2.36. The molecule has 0 unspecified atom stereocenters. The van der Waals surface area contributed by atoms with Gasteiger partial charge in [-0.2, -0.15) is 4.99 Å². The number of piperidine rings is 1. The SMILES string of the molecule is Nc1nc(N)c(C(=O)/N=C2\NCC3(CCN(SCCc4ccc(Cl)cc4)CC3)N2)nc1Cl. The Hall–Kier alpha value is -2.27. The fraction of sp³-hybridized carbons (Fsp3) is 0.400. The monoisotopic (exact) mass is 494 g/mol. The molecule has 1 amide bonds. The van der Waals surface area contributed by atoms with Gasteiger partial charge in [-0.05, 0) is 37.0 Å². The van der Waals surface area contributed by atoms with Crippen LogP contribution in [0.2, 0.25) is 10.2 Å². The molecule has 170 valence electrons. The Morgan fingerprint density at radius 1 is 1.16 bits per heavy atom. The van der Waals surface area contributed by atoms with Crippen molar-refractivity contribution in [2.24, 2.45) is 4.99 Å². The molecule has 4 rings (SSSR count). The summed E-state index contributed by atoms with van der Waals surface area (Å²) in [5, 5.41) is 7.25. The summed E-state index contributed by atoms with van der Waals surface area (Å²) in [5.74, 6) is 0.681. The van der Waals surface area contributed by atoms with Crippen LogP contribution in [0, 0.1) is 0 Å². The summed E-state index contributed by atoms with van der Waals surface area (Å²) in [6.07, 6.45) is 2.89. The van der Waals surface area contributed by atoms with Gasteiger partial charge in [0, 0.05) is 30.4 Å². The van der Waals surface area contributed by atoms with Crippen LogP contribution in [0.5, 0.6) is 0 Å². The number of nitrogens with two attached hydrogens (primary N) is 2. The molecule has 2 saturated heterocycles. The minimum atomic E-state index is -0.626. The zero-order valence-corrected chi connectivity index (χ0v) is 19.6. The molecule has 32 heavy (non-hydrogen) atoms.